The summed E-state index contributed by atoms with van der Waals surface area (Å²) in [5.41, 5.74) is 1.82. The van der Waals surface area contributed by atoms with Crippen LogP contribution in [0.2, 0.25) is 0 Å². The van der Waals surface area contributed by atoms with E-state index in [1.807, 2.05) is 32.0 Å². The Hall–Kier alpha value is -1.38. The summed E-state index contributed by atoms with van der Waals surface area (Å²) in [6, 6.07) is 7.44. The van der Waals surface area contributed by atoms with Crippen molar-refractivity contribution in [3.8, 4) is 6.07 Å². The van der Waals surface area contributed by atoms with Crippen molar-refractivity contribution in [2.24, 2.45) is 5.92 Å². The minimum Gasteiger partial charge on any atom is -0.207 e. The molecule has 0 N–H and O–H groups in total. The number of sulfonamides is 1. The van der Waals surface area contributed by atoms with Crippen LogP contribution in [-0.4, -0.2) is 25.8 Å². The molecule has 0 saturated heterocycles. The lowest BCUT2D eigenvalue weighted by molar-refractivity contribution is 0.247. The first-order valence-electron chi connectivity index (χ1n) is 7.39. The van der Waals surface area contributed by atoms with Crippen LogP contribution in [0.15, 0.2) is 23.1 Å². The molecule has 0 aliphatic heterocycles. The Morgan fingerprint density at radius 1 is 1.33 bits per heavy atom. The van der Waals surface area contributed by atoms with Gasteiger partial charge >= 0.3 is 0 Å². The lowest BCUT2D eigenvalue weighted by Gasteiger charge is -2.31. The molecule has 0 heterocycles. The van der Waals surface area contributed by atoms with Gasteiger partial charge in [0.15, 0.2) is 0 Å². The summed E-state index contributed by atoms with van der Waals surface area (Å²) >= 11 is 0. The number of aryl methyl sites for hydroxylation is 2. The predicted octanol–water partition coefficient (Wildman–Crippen LogP) is 3.01. The Morgan fingerprint density at radius 2 is 2.05 bits per heavy atom. The molecule has 0 radical (unpaired) electrons. The van der Waals surface area contributed by atoms with E-state index in [1.54, 1.807) is 6.07 Å². The van der Waals surface area contributed by atoms with E-state index in [4.69, 9.17) is 5.26 Å². The van der Waals surface area contributed by atoms with Crippen molar-refractivity contribution in [1.29, 1.82) is 5.26 Å². The summed E-state index contributed by atoms with van der Waals surface area (Å²) in [6.07, 6.45) is 3.59. The molecule has 1 saturated carbocycles. The molecule has 1 aromatic carbocycles. The van der Waals surface area contributed by atoms with Crippen LogP contribution in [0.25, 0.3) is 0 Å². The first-order chi connectivity index (χ1) is 9.95. The maximum absolute atomic E-state index is 12.9. The molecule has 5 heteroatoms. The van der Waals surface area contributed by atoms with E-state index in [-0.39, 0.29) is 13.0 Å². The third-order valence-corrected chi connectivity index (χ3v) is 6.13. The lowest BCUT2D eigenvalue weighted by Crippen LogP contribution is -2.38. The van der Waals surface area contributed by atoms with Crippen LogP contribution in [-0.2, 0) is 10.0 Å². The molecule has 2 rings (SSSR count). The first-order valence-corrected chi connectivity index (χ1v) is 8.83. The van der Waals surface area contributed by atoms with Gasteiger partial charge in [0.05, 0.1) is 11.0 Å². The van der Waals surface area contributed by atoms with E-state index >= 15 is 0 Å². The third kappa shape index (κ3) is 3.63. The van der Waals surface area contributed by atoms with Crippen LogP contribution in [0, 0.1) is 31.1 Å². The fourth-order valence-electron chi connectivity index (χ4n) is 2.68. The summed E-state index contributed by atoms with van der Waals surface area (Å²) in [6.45, 7) is 4.59. The van der Waals surface area contributed by atoms with E-state index in [0.717, 1.165) is 24.0 Å². The molecule has 21 heavy (non-hydrogen) atoms. The topological polar surface area (TPSA) is 61.2 Å². The van der Waals surface area contributed by atoms with Crippen molar-refractivity contribution in [2.75, 3.05) is 13.1 Å². The van der Waals surface area contributed by atoms with Crippen LogP contribution in [0.4, 0.5) is 0 Å². The Balaban J connectivity index is 2.28. The van der Waals surface area contributed by atoms with Gasteiger partial charge in [-0.3, -0.25) is 0 Å². The van der Waals surface area contributed by atoms with Crippen molar-refractivity contribution < 1.29 is 8.42 Å². The highest BCUT2D eigenvalue weighted by molar-refractivity contribution is 7.89. The molecular formula is C16H22N2O2S. The predicted molar refractivity (Wildman–Crippen MR) is 82.2 cm³/mol. The van der Waals surface area contributed by atoms with E-state index in [2.05, 4.69) is 0 Å². The molecule has 4 nitrogen and oxygen atoms in total. The highest BCUT2D eigenvalue weighted by Gasteiger charge is 2.30. The molecule has 0 atom stereocenters. The second-order valence-corrected chi connectivity index (χ2v) is 7.74. The van der Waals surface area contributed by atoms with E-state index in [0.29, 0.717) is 17.4 Å². The van der Waals surface area contributed by atoms with Crippen LogP contribution < -0.4 is 0 Å². The number of hydrogen-bond donors (Lipinski definition) is 0. The summed E-state index contributed by atoms with van der Waals surface area (Å²) in [5.74, 6) is 0.448. The van der Waals surface area contributed by atoms with Crippen molar-refractivity contribution in [2.45, 2.75) is 44.4 Å². The van der Waals surface area contributed by atoms with Gasteiger partial charge in [-0.25, -0.2) is 8.42 Å². The van der Waals surface area contributed by atoms with Gasteiger partial charge in [-0.15, -0.1) is 0 Å². The van der Waals surface area contributed by atoms with E-state index in [9.17, 15) is 8.42 Å². The van der Waals surface area contributed by atoms with Crippen molar-refractivity contribution in [3.05, 3.63) is 29.3 Å². The zero-order valence-electron chi connectivity index (χ0n) is 12.7. The van der Waals surface area contributed by atoms with Crippen LogP contribution in [0.1, 0.15) is 36.8 Å². The smallest absolute Gasteiger partial charge is 0.207 e. The average Bonchev–Trinajstić information content (AvgIpc) is 2.35. The standard InChI is InChI=1S/C16H22N2O2S/c1-13-7-8-16(14(2)11-13)21(19,20)18(10-4-9-17)12-15-5-3-6-15/h7-8,11,15H,3-6,10,12H2,1-2H3. The zero-order chi connectivity index (χ0) is 15.5. The third-order valence-electron chi connectivity index (χ3n) is 4.11. The molecule has 0 aromatic heterocycles. The Labute approximate surface area is 127 Å². The average molecular weight is 306 g/mol. The summed E-state index contributed by atoms with van der Waals surface area (Å²) in [5, 5.41) is 8.78. The molecule has 0 unspecified atom stereocenters. The van der Waals surface area contributed by atoms with Gasteiger partial charge in [0.25, 0.3) is 0 Å². The highest BCUT2D eigenvalue weighted by Crippen LogP contribution is 2.30. The fourth-order valence-corrected chi connectivity index (χ4v) is 4.40. The Kier molecular flexibility index (Phi) is 5.02. The molecule has 1 fully saturated rings. The maximum atomic E-state index is 12.9. The first kappa shape index (κ1) is 16.0. The number of benzene rings is 1. The minimum atomic E-state index is -3.51. The molecule has 0 amide bonds. The Bertz CT molecular complexity index is 643. The summed E-state index contributed by atoms with van der Waals surface area (Å²) < 4.78 is 27.2. The SMILES string of the molecule is Cc1ccc(S(=O)(=O)N(CCC#N)CC2CCC2)c(C)c1. The monoisotopic (exact) mass is 306 g/mol. The van der Waals surface area contributed by atoms with E-state index < -0.39 is 10.0 Å². The number of nitriles is 1. The minimum absolute atomic E-state index is 0.233. The zero-order valence-corrected chi connectivity index (χ0v) is 13.5. The quantitative estimate of drug-likeness (QED) is 0.811. The molecule has 1 aliphatic carbocycles. The Morgan fingerprint density at radius 3 is 2.57 bits per heavy atom. The summed E-state index contributed by atoms with van der Waals surface area (Å²) in [7, 11) is -3.51. The van der Waals surface area contributed by atoms with Crippen molar-refractivity contribution >= 4 is 10.0 Å². The van der Waals surface area contributed by atoms with Gasteiger partial charge < -0.3 is 0 Å². The second-order valence-electron chi connectivity index (χ2n) is 5.84. The van der Waals surface area contributed by atoms with Gasteiger partial charge in [0.1, 0.15) is 0 Å². The van der Waals surface area contributed by atoms with Gasteiger partial charge in [-0.1, -0.05) is 24.1 Å². The van der Waals surface area contributed by atoms with E-state index in [1.165, 1.54) is 10.7 Å². The molecule has 1 aromatic rings. The van der Waals surface area contributed by atoms with Gasteiger partial charge in [0, 0.05) is 19.5 Å². The summed E-state index contributed by atoms with van der Waals surface area (Å²) in [4.78, 5) is 0.366. The lowest BCUT2D eigenvalue weighted by atomic mass is 9.85. The number of nitrogens with zero attached hydrogens (tertiary/aromatic N) is 2. The van der Waals surface area contributed by atoms with Crippen molar-refractivity contribution in [1.82, 2.24) is 4.31 Å². The van der Waals surface area contributed by atoms with Crippen LogP contribution >= 0.6 is 0 Å². The van der Waals surface area contributed by atoms with Crippen molar-refractivity contribution in [3.63, 3.8) is 0 Å². The van der Waals surface area contributed by atoms with Crippen LogP contribution in [0.3, 0.4) is 0 Å². The highest BCUT2D eigenvalue weighted by atomic mass is 32.2. The molecule has 1 aliphatic rings. The molecule has 114 valence electrons. The molecule has 0 spiro atoms. The number of rotatable bonds is 6. The normalized spacial score (nSPS) is 15.7. The van der Waals surface area contributed by atoms with Gasteiger partial charge in [-0.05, 0) is 44.2 Å². The van der Waals surface area contributed by atoms with Crippen LogP contribution in [0.5, 0.6) is 0 Å². The fraction of sp³-hybridized carbons (Fsp3) is 0.562. The number of hydrogen-bond acceptors (Lipinski definition) is 3. The largest absolute Gasteiger partial charge is 0.243 e. The molecular weight excluding hydrogens is 284 g/mol. The second kappa shape index (κ2) is 6.59. The maximum Gasteiger partial charge on any atom is 0.243 e. The van der Waals surface area contributed by atoms with Gasteiger partial charge in [-0.2, -0.15) is 9.57 Å². The van der Waals surface area contributed by atoms with Gasteiger partial charge in [0.2, 0.25) is 10.0 Å². The molecule has 0 bridgehead atoms.